The van der Waals surface area contributed by atoms with Gasteiger partial charge in [0.25, 0.3) is 0 Å². The Hall–Kier alpha value is -0.200. The average molecular weight is 489 g/mol. The van der Waals surface area contributed by atoms with Crippen molar-refractivity contribution in [2.75, 3.05) is 59.5 Å². The van der Waals surface area contributed by atoms with Crippen molar-refractivity contribution in [3.8, 4) is 0 Å². The molecule has 0 spiro atoms. The number of unbranched alkanes of at least 4 members (excludes halogenated alkanes) is 15. The number of aliphatic hydroxyl groups excluding tert-OH is 1. The van der Waals surface area contributed by atoms with Crippen molar-refractivity contribution in [1.29, 1.82) is 0 Å². The molecule has 0 aliphatic rings. The second-order valence-corrected chi connectivity index (χ2v) is 9.83. The van der Waals surface area contributed by atoms with Crippen LogP contribution >= 0.6 is 0 Å². The molecular formula is C29H60O5. The number of hydrogen-bond donors (Lipinski definition) is 1. The lowest BCUT2D eigenvalue weighted by Gasteiger charge is -2.12. The van der Waals surface area contributed by atoms with E-state index in [4.69, 9.17) is 24.1 Å². The van der Waals surface area contributed by atoms with Crippen LogP contribution < -0.4 is 0 Å². The van der Waals surface area contributed by atoms with Gasteiger partial charge in [-0.05, 0) is 12.3 Å². The van der Waals surface area contributed by atoms with E-state index in [1.165, 1.54) is 109 Å². The van der Waals surface area contributed by atoms with E-state index in [1.807, 2.05) is 0 Å². The molecular weight excluding hydrogens is 428 g/mol. The van der Waals surface area contributed by atoms with Crippen molar-refractivity contribution >= 4 is 0 Å². The van der Waals surface area contributed by atoms with Crippen molar-refractivity contribution in [1.82, 2.24) is 0 Å². The number of rotatable bonds is 30. The fraction of sp³-hybridized carbons (Fsp3) is 1.00. The van der Waals surface area contributed by atoms with Gasteiger partial charge in [-0.1, -0.05) is 117 Å². The van der Waals surface area contributed by atoms with E-state index in [2.05, 4.69) is 13.8 Å². The second kappa shape index (κ2) is 30.8. The number of ether oxygens (including phenoxy) is 4. The number of hydrogen-bond acceptors (Lipinski definition) is 5. The maximum Gasteiger partial charge on any atom is 0.0701 e. The Kier molecular flexibility index (Phi) is 30.6. The topological polar surface area (TPSA) is 57.2 Å². The monoisotopic (exact) mass is 488 g/mol. The summed E-state index contributed by atoms with van der Waals surface area (Å²) in [6.07, 6.45) is 24.1. The highest BCUT2D eigenvalue weighted by atomic mass is 16.6. The Morgan fingerprint density at radius 2 is 0.824 bits per heavy atom. The van der Waals surface area contributed by atoms with Crippen molar-refractivity contribution in [2.45, 2.75) is 123 Å². The van der Waals surface area contributed by atoms with Crippen LogP contribution in [-0.2, 0) is 18.9 Å². The highest BCUT2D eigenvalue weighted by Crippen LogP contribution is 2.15. The van der Waals surface area contributed by atoms with Gasteiger partial charge in [0.05, 0.1) is 52.9 Å². The quantitative estimate of drug-likeness (QED) is 0.107. The molecule has 0 bridgehead atoms. The van der Waals surface area contributed by atoms with Gasteiger partial charge in [-0.15, -0.1) is 0 Å². The molecule has 0 rings (SSSR count). The molecule has 5 nitrogen and oxygen atoms in total. The van der Waals surface area contributed by atoms with Gasteiger partial charge in [0, 0.05) is 6.61 Å². The molecule has 1 unspecified atom stereocenters. The summed E-state index contributed by atoms with van der Waals surface area (Å²) in [6.45, 7) is 9.32. The van der Waals surface area contributed by atoms with E-state index in [-0.39, 0.29) is 6.61 Å². The van der Waals surface area contributed by atoms with Crippen LogP contribution in [0.5, 0.6) is 0 Å². The fourth-order valence-corrected chi connectivity index (χ4v) is 4.13. The van der Waals surface area contributed by atoms with Crippen LogP contribution in [-0.4, -0.2) is 64.6 Å². The van der Waals surface area contributed by atoms with Crippen LogP contribution in [0.1, 0.15) is 123 Å². The van der Waals surface area contributed by atoms with Gasteiger partial charge in [0.15, 0.2) is 0 Å². The van der Waals surface area contributed by atoms with Gasteiger partial charge in [-0.2, -0.15) is 0 Å². The van der Waals surface area contributed by atoms with Gasteiger partial charge in [0.1, 0.15) is 0 Å². The summed E-state index contributed by atoms with van der Waals surface area (Å²) in [5, 5.41) is 8.59. The predicted molar refractivity (Wildman–Crippen MR) is 144 cm³/mol. The Labute approximate surface area is 212 Å². The maximum absolute atomic E-state index is 8.59. The molecule has 1 N–H and O–H groups in total. The normalized spacial score (nSPS) is 12.4. The Morgan fingerprint density at radius 1 is 0.471 bits per heavy atom. The zero-order valence-electron chi connectivity index (χ0n) is 23.0. The molecule has 0 radical (unpaired) electrons. The Balaban J connectivity index is 3.13. The Morgan fingerprint density at radius 3 is 1.24 bits per heavy atom. The van der Waals surface area contributed by atoms with Crippen LogP contribution in [0.3, 0.4) is 0 Å². The van der Waals surface area contributed by atoms with Crippen LogP contribution in [0.25, 0.3) is 0 Å². The summed E-state index contributed by atoms with van der Waals surface area (Å²) in [7, 11) is 0. The van der Waals surface area contributed by atoms with E-state index in [9.17, 15) is 0 Å². The van der Waals surface area contributed by atoms with Crippen molar-refractivity contribution in [2.24, 2.45) is 5.92 Å². The molecule has 0 amide bonds. The molecule has 206 valence electrons. The van der Waals surface area contributed by atoms with Gasteiger partial charge in [0.2, 0.25) is 0 Å². The van der Waals surface area contributed by atoms with E-state index in [1.54, 1.807) is 0 Å². The summed E-state index contributed by atoms with van der Waals surface area (Å²) in [5.41, 5.74) is 0. The summed E-state index contributed by atoms with van der Waals surface area (Å²) in [6, 6.07) is 0. The Bertz CT molecular complexity index is 353. The first kappa shape index (κ1) is 33.8. The molecule has 0 aliphatic heterocycles. The largest absolute Gasteiger partial charge is 0.394 e. The summed E-state index contributed by atoms with van der Waals surface area (Å²) >= 11 is 0. The van der Waals surface area contributed by atoms with Crippen molar-refractivity contribution in [3.05, 3.63) is 0 Å². The number of aliphatic hydroxyl groups is 1. The van der Waals surface area contributed by atoms with Gasteiger partial charge in [-0.3, -0.25) is 0 Å². The van der Waals surface area contributed by atoms with Crippen LogP contribution in [0.15, 0.2) is 0 Å². The van der Waals surface area contributed by atoms with E-state index in [0.717, 1.165) is 6.61 Å². The minimum absolute atomic E-state index is 0.0568. The molecule has 0 fully saturated rings. The molecule has 34 heavy (non-hydrogen) atoms. The first-order valence-electron chi connectivity index (χ1n) is 14.7. The maximum atomic E-state index is 8.59. The highest BCUT2D eigenvalue weighted by Gasteiger charge is 2.02. The van der Waals surface area contributed by atoms with Gasteiger partial charge < -0.3 is 24.1 Å². The van der Waals surface area contributed by atoms with Crippen LogP contribution in [0.2, 0.25) is 0 Å². The first-order chi connectivity index (χ1) is 16.8. The van der Waals surface area contributed by atoms with Crippen molar-refractivity contribution in [3.63, 3.8) is 0 Å². The SMILES string of the molecule is CCCCCCCCCCCCCCCCCCC(C)COCCOCCOCCOCCO. The molecule has 0 saturated heterocycles. The zero-order chi connectivity index (χ0) is 24.8. The molecule has 0 heterocycles. The lowest BCUT2D eigenvalue weighted by atomic mass is 10.0. The molecule has 5 heteroatoms. The molecule has 0 aromatic heterocycles. The van der Waals surface area contributed by atoms with Crippen molar-refractivity contribution < 1.29 is 24.1 Å². The minimum Gasteiger partial charge on any atom is -0.394 e. The third-order valence-electron chi connectivity index (χ3n) is 6.30. The lowest BCUT2D eigenvalue weighted by Crippen LogP contribution is -2.14. The third-order valence-corrected chi connectivity index (χ3v) is 6.30. The molecule has 0 aliphatic carbocycles. The van der Waals surface area contributed by atoms with Crippen LogP contribution in [0, 0.1) is 5.92 Å². The molecule has 0 aromatic rings. The van der Waals surface area contributed by atoms with Gasteiger partial charge in [-0.25, -0.2) is 0 Å². The molecule has 0 saturated carbocycles. The zero-order valence-corrected chi connectivity index (χ0v) is 23.0. The third kappa shape index (κ3) is 29.8. The first-order valence-corrected chi connectivity index (χ1v) is 14.7. The van der Waals surface area contributed by atoms with Gasteiger partial charge >= 0.3 is 0 Å². The minimum atomic E-state index is 0.0568. The highest BCUT2D eigenvalue weighted by molar-refractivity contribution is 4.54. The second-order valence-electron chi connectivity index (χ2n) is 9.83. The van der Waals surface area contributed by atoms with Crippen LogP contribution in [0.4, 0.5) is 0 Å². The van der Waals surface area contributed by atoms with E-state index < -0.39 is 0 Å². The fourth-order valence-electron chi connectivity index (χ4n) is 4.13. The summed E-state index contributed by atoms with van der Waals surface area (Å²) in [5.74, 6) is 0.633. The summed E-state index contributed by atoms with van der Waals surface area (Å²) in [4.78, 5) is 0. The molecule has 0 aromatic carbocycles. The standard InChI is InChI=1S/C29H60O5/c1-3-4-5-6-7-8-9-10-11-12-13-14-15-16-17-18-19-29(2)28-34-27-26-33-25-24-32-23-22-31-21-20-30/h29-30H,3-28H2,1-2H3. The lowest BCUT2D eigenvalue weighted by molar-refractivity contribution is -0.00868. The molecule has 1 atom stereocenters. The predicted octanol–water partition coefficient (Wildman–Crippen LogP) is 7.33. The average Bonchev–Trinajstić information content (AvgIpc) is 2.84. The van der Waals surface area contributed by atoms with E-state index >= 15 is 0 Å². The summed E-state index contributed by atoms with van der Waals surface area (Å²) < 4.78 is 21.7. The smallest absolute Gasteiger partial charge is 0.0701 e. The van der Waals surface area contributed by atoms with E-state index in [0.29, 0.717) is 52.2 Å².